The maximum Gasteiger partial charge on any atom is 0.306 e. The van der Waals surface area contributed by atoms with Crippen LogP contribution in [0.4, 0.5) is 5.69 Å². The largest absolute Gasteiger partial charge is 0.481 e. The van der Waals surface area contributed by atoms with E-state index < -0.39 is 26.6 Å². The Morgan fingerprint density at radius 2 is 1.87 bits per heavy atom. The summed E-state index contributed by atoms with van der Waals surface area (Å²) in [7, 11) is -3.97. The zero-order valence-corrected chi connectivity index (χ0v) is 13.2. The highest BCUT2D eigenvalue weighted by Gasteiger charge is 2.29. The van der Waals surface area contributed by atoms with Crippen molar-refractivity contribution in [3.63, 3.8) is 0 Å². The molecular formula is C14H18N2O6S. The molecule has 0 bridgehead atoms. The van der Waals surface area contributed by atoms with Crippen LogP contribution in [0, 0.1) is 22.0 Å². The Morgan fingerprint density at radius 1 is 1.26 bits per heavy atom. The Kier molecular flexibility index (Phi) is 5.32. The monoisotopic (exact) mass is 342 g/mol. The predicted octanol–water partition coefficient (Wildman–Crippen LogP) is 1.76. The van der Waals surface area contributed by atoms with Crippen LogP contribution < -0.4 is 4.72 Å². The van der Waals surface area contributed by atoms with E-state index >= 15 is 0 Å². The first-order chi connectivity index (χ1) is 10.8. The molecule has 8 nitrogen and oxygen atoms in total. The van der Waals surface area contributed by atoms with E-state index in [2.05, 4.69) is 4.72 Å². The fraction of sp³-hybridized carbons (Fsp3) is 0.500. The molecule has 9 heteroatoms. The van der Waals surface area contributed by atoms with Crippen molar-refractivity contribution in [3.8, 4) is 0 Å². The zero-order valence-electron chi connectivity index (χ0n) is 12.3. The maximum absolute atomic E-state index is 12.3. The van der Waals surface area contributed by atoms with Gasteiger partial charge in [0.15, 0.2) is 4.90 Å². The molecule has 0 radical (unpaired) electrons. The summed E-state index contributed by atoms with van der Waals surface area (Å²) in [6.45, 7) is 0.153. The van der Waals surface area contributed by atoms with Crippen LogP contribution in [-0.4, -0.2) is 31.0 Å². The third kappa shape index (κ3) is 4.26. The summed E-state index contributed by atoms with van der Waals surface area (Å²) < 4.78 is 26.9. The molecule has 0 saturated heterocycles. The molecule has 0 aromatic heterocycles. The quantitative estimate of drug-likeness (QED) is 0.599. The molecule has 1 aromatic rings. The van der Waals surface area contributed by atoms with E-state index in [0.717, 1.165) is 6.07 Å². The van der Waals surface area contributed by atoms with Crippen LogP contribution in [0.1, 0.15) is 25.7 Å². The number of carbonyl (C=O) groups is 1. The maximum atomic E-state index is 12.3. The van der Waals surface area contributed by atoms with Crippen molar-refractivity contribution >= 4 is 21.7 Å². The van der Waals surface area contributed by atoms with Crippen LogP contribution >= 0.6 is 0 Å². The first-order valence-corrected chi connectivity index (χ1v) is 8.75. The van der Waals surface area contributed by atoms with Gasteiger partial charge in [-0.05, 0) is 37.7 Å². The van der Waals surface area contributed by atoms with E-state index in [1.807, 2.05) is 0 Å². The second-order valence-corrected chi connectivity index (χ2v) is 7.37. The molecule has 1 fully saturated rings. The number of nitrogens with one attached hydrogen (secondary N) is 1. The minimum Gasteiger partial charge on any atom is -0.481 e. The van der Waals surface area contributed by atoms with Crippen LogP contribution in [0.5, 0.6) is 0 Å². The van der Waals surface area contributed by atoms with Crippen molar-refractivity contribution in [1.29, 1.82) is 0 Å². The Bertz CT molecular complexity index is 695. The number of carboxylic acid groups (broad SMARTS) is 1. The Labute approximate surface area is 133 Å². The topological polar surface area (TPSA) is 127 Å². The first kappa shape index (κ1) is 17.4. The molecule has 0 aliphatic heterocycles. The van der Waals surface area contributed by atoms with Crippen molar-refractivity contribution in [2.24, 2.45) is 11.8 Å². The molecule has 0 atom stereocenters. The minimum absolute atomic E-state index is 0.0446. The zero-order chi connectivity index (χ0) is 17.0. The third-order valence-electron chi connectivity index (χ3n) is 4.11. The predicted molar refractivity (Wildman–Crippen MR) is 81.4 cm³/mol. The first-order valence-electron chi connectivity index (χ1n) is 7.27. The lowest BCUT2D eigenvalue weighted by atomic mass is 9.82. The van der Waals surface area contributed by atoms with Gasteiger partial charge in [0.25, 0.3) is 5.69 Å². The number of hydrogen-bond acceptors (Lipinski definition) is 5. The van der Waals surface area contributed by atoms with Gasteiger partial charge in [-0.2, -0.15) is 0 Å². The van der Waals surface area contributed by atoms with Crippen molar-refractivity contribution in [3.05, 3.63) is 34.4 Å². The molecule has 1 aliphatic carbocycles. The lowest BCUT2D eigenvalue weighted by molar-refractivity contribution is -0.387. The summed E-state index contributed by atoms with van der Waals surface area (Å²) in [5.41, 5.74) is -0.463. The fourth-order valence-electron chi connectivity index (χ4n) is 2.75. The van der Waals surface area contributed by atoms with Crippen LogP contribution in [0.15, 0.2) is 29.2 Å². The average molecular weight is 342 g/mol. The van der Waals surface area contributed by atoms with Gasteiger partial charge in [-0.1, -0.05) is 12.1 Å². The molecule has 2 rings (SSSR count). The van der Waals surface area contributed by atoms with E-state index in [0.29, 0.717) is 25.7 Å². The molecule has 0 amide bonds. The number of sulfonamides is 1. The number of nitrogens with zero attached hydrogens (tertiary/aromatic N) is 1. The molecule has 2 N–H and O–H groups in total. The van der Waals surface area contributed by atoms with Gasteiger partial charge in [-0.3, -0.25) is 14.9 Å². The van der Waals surface area contributed by atoms with Gasteiger partial charge in [-0.15, -0.1) is 0 Å². The second-order valence-electron chi connectivity index (χ2n) is 5.63. The number of aliphatic carboxylic acids is 1. The number of para-hydroxylation sites is 1. The van der Waals surface area contributed by atoms with Gasteiger partial charge >= 0.3 is 5.97 Å². The molecule has 1 saturated carbocycles. The van der Waals surface area contributed by atoms with Gasteiger partial charge in [0, 0.05) is 12.6 Å². The van der Waals surface area contributed by atoms with E-state index in [1.54, 1.807) is 0 Å². The van der Waals surface area contributed by atoms with Gasteiger partial charge < -0.3 is 5.11 Å². The standard InChI is InChI=1S/C14H18N2O6S/c17-14(18)11-7-5-10(6-8-11)9-15-23(21,22)13-4-2-1-3-12(13)16(19)20/h1-4,10-11,15H,5-9H2,(H,17,18). The van der Waals surface area contributed by atoms with E-state index in [-0.39, 0.29) is 23.3 Å². The van der Waals surface area contributed by atoms with Crippen LogP contribution in [-0.2, 0) is 14.8 Å². The van der Waals surface area contributed by atoms with Gasteiger partial charge in [0.1, 0.15) is 0 Å². The minimum atomic E-state index is -3.97. The smallest absolute Gasteiger partial charge is 0.306 e. The average Bonchev–Trinajstić information content (AvgIpc) is 2.53. The normalized spacial score (nSPS) is 21.7. The third-order valence-corrected chi connectivity index (χ3v) is 5.58. The number of carboxylic acids is 1. The molecule has 126 valence electrons. The highest BCUT2D eigenvalue weighted by molar-refractivity contribution is 7.89. The lowest BCUT2D eigenvalue weighted by Gasteiger charge is -2.26. The van der Waals surface area contributed by atoms with Gasteiger partial charge in [-0.25, -0.2) is 13.1 Å². The van der Waals surface area contributed by atoms with Crippen LogP contribution in [0.3, 0.4) is 0 Å². The molecule has 0 spiro atoms. The van der Waals surface area contributed by atoms with E-state index in [1.165, 1.54) is 18.2 Å². The molecule has 23 heavy (non-hydrogen) atoms. The fourth-order valence-corrected chi connectivity index (χ4v) is 4.04. The summed E-state index contributed by atoms with van der Waals surface area (Å²) in [5, 5.41) is 19.9. The Balaban J connectivity index is 2.01. The molecule has 0 unspecified atom stereocenters. The van der Waals surface area contributed by atoms with E-state index in [4.69, 9.17) is 5.11 Å². The van der Waals surface area contributed by atoms with Crippen molar-refractivity contribution < 1.29 is 23.2 Å². The molecule has 0 heterocycles. The summed E-state index contributed by atoms with van der Waals surface area (Å²) in [4.78, 5) is 20.7. The molecule has 1 aliphatic rings. The highest BCUT2D eigenvalue weighted by Crippen LogP contribution is 2.29. The summed E-state index contributed by atoms with van der Waals surface area (Å²) in [5.74, 6) is -1.13. The van der Waals surface area contributed by atoms with Gasteiger partial charge in [0.05, 0.1) is 10.8 Å². The van der Waals surface area contributed by atoms with Crippen LogP contribution in [0.2, 0.25) is 0 Å². The lowest BCUT2D eigenvalue weighted by Crippen LogP contribution is -2.32. The summed E-state index contributed by atoms with van der Waals surface area (Å²) >= 11 is 0. The summed E-state index contributed by atoms with van der Waals surface area (Å²) in [6, 6.07) is 5.18. The Morgan fingerprint density at radius 3 is 2.43 bits per heavy atom. The highest BCUT2D eigenvalue weighted by atomic mass is 32.2. The van der Waals surface area contributed by atoms with Crippen molar-refractivity contribution in [2.45, 2.75) is 30.6 Å². The van der Waals surface area contributed by atoms with Crippen LogP contribution in [0.25, 0.3) is 0 Å². The number of nitro benzene ring substituents is 1. The SMILES string of the molecule is O=C(O)C1CCC(CNS(=O)(=O)c2ccccc2[N+](=O)[O-])CC1. The number of nitro groups is 1. The number of rotatable bonds is 6. The molecular weight excluding hydrogens is 324 g/mol. The summed E-state index contributed by atoms with van der Waals surface area (Å²) in [6.07, 6.45) is 2.28. The van der Waals surface area contributed by atoms with E-state index in [9.17, 15) is 23.3 Å². The number of benzene rings is 1. The van der Waals surface area contributed by atoms with Crippen molar-refractivity contribution in [2.75, 3.05) is 6.54 Å². The second kappa shape index (κ2) is 7.05. The number of hydrogen-bond donors (Lipinski definition) is 2. The van der Waals surface area contributed by atoms with Crippen molar-refractivity contribution in [1.82, 2.24) is 4.72 Å². The van der Waals surface area contributed by atoms with Gasteiger partial charge in [0.2, 0.25) is 10.0 Å². The molecule has 1 aromatic carbocycles. The Hall–Kier alpha value is -2.00.